The number of rotatable bonds is 6. The van der Waals surface area contributed by atoms with Crippen molar-refractivity contribution in [1.29, 1.82) is 0 Å². The van der Waals surface area contributed by atoms with Crippen molar-refractivity contribution in [3.05, 3.63) is 0 Å². The van der Waals surface area contributed by atoms with Gasteiger partial charge in [-0.1, -0.05) is 34.1 Å². The first kappa shape index (κ1) is 19.7. The van der Waals surface area contributed by atoms with E-state index in [1.54, 1.807) is 0 Å². The highest BCUT2D eigenvalue weighted by atomic mass is 16.2. The van der Waals surface area contributed by atoms with Crippen LogP contribution in [0.25, 0.3) is 0 Å². The van der Waals surface area contributed by atoms with Crippen LogP contribution in [0.3, 0.4) is 0 Å². The second-order valence-corrected chi connectivity index (χ2v) is 8.45. The molecule has 6 heteroatoms. The summed E-state index contributed by atoms with van der Waals surface area (Å²) < 4.78 is 0. The van der Waals surface area contributed by atoms with Crippen molar-refractivity contribution in [2.75, 3.05) is 26.2 Å². The fourth-order valence-corrected chi connectivity index (χ4v) is 3.65. The third-order valence-electron chi connectivity index (χ3n) is 5.52. The van der Waals surface area contributed by atoms with E-state index in [0.717, 1.165) is 38.8 Å². The van der Waals surface area contributed by atoms with E-state index in [4.69, 9.17) is 0 Å². The zero-order chi connectivity index (χ0) is 18.6. The average Bonchev–Trinajstić information content (AvgIpc) is 3.13. The molecule has 2 fully saturated rings. The first-order chi connectivity index (χ1) is 11.7. The molecule has 0 aliphatic carbocycles. The van der Waals surface area contributed by atoms with E-state index in [-0.39, 0.29) is 29.2 Å². The molecule has 0 radical (unpaired) electrons. The molecule has 2 rings (SSSR count). The minimum absolute atomic E-state index is 0.0112. The van der Waals surface area contributed by atoms with Crippen molar-refractivity contribution in [2.24, 2.45) is 17.3 Å². The van der Waals surface area contributed by atoms with Crippen molar-refractivity contribution in [2.45, 2.75) is 59.8 Å². The molecule has 2 heterocycles. The fraction of sp³-hybridized carbons (Fsp3) is 0.842. The van der Waals surface area contributed by atoms with Crippen LogP contribution in [0, 0.1) is 17.3 Å². The van der Waals surface area contributed by atoms with Gasteiger partial charge in [-0.25, -0.2) is 4.79 Å². The number of hydrogen-bond acceptors (Lipinski definition) is 3. The Labute approximate surface area is 151 Å². The van der Waals surface area contributed by atoms with Crippen molar-refractivity contribution in [3.63, 3.8) is 0 Å². The maximum Gasteiger partial charge on any atom is 0.317 e. The molecule has 2 aliphatic heterocycles. The van der Waals surface area contributed by atoms with E-state index in [1.807, 2.05) is 25.7 Å². The van der Waals surface area contributed by atoms with Crippen LogP contribution in [0.5, 0.6) is 0 Å². The molecule has 2 aliphatic rings. The van der Waals surface area contributed by atoms with Crippen LogP contribution in [0.2, 0.25) is 0 Å². The zero-order valence-corrected chi connectivity index (χ0v) is 16.1. The molecule has 0 aromatic heterocycles. The maximum atomic E-state index is 12.4. The first-order valence-corrected chi connectivity index (χ1v) is 9.61. The van der Waals surface area contributed by atoms with Crippen LogP contribution in [-0.4, -0.2) is 53.8 Å². The summed E-state index contributed by atoms with van der Waals surface area (Å²) in [5.74, 6) is 0.330. The molecule has 0 aromatic rings. The average molecular weight is 351 g/mol. The number of carbonyl (C=O) groups is 3. The quantitative estimate of drug-likeness (QED) is 0.591. The van der Waals surface area contributed by atoms with Gasteiger partial charge in [0.15, 0.2) is 0 Å². The second kappa shape index (κ2) is 8.19. The molecular formula is C19H33N3O3. The predicted octanol–water partition coefficient (Wildman–Crippen LogP) is 2.63. The SMILES string of the molecule is CCC1CCN(C(=O)NCCCCN2C(=O)CC(C(C)(C)C)C2=O)C1. The predicted molar refractivity (Wildman–Crippen MR) is 96.9 cm³/mol. The molecule has 0 aromatic carbocycles. The lowest BCUT2D eigenvalue weighted by Crippen LogP contribution is -2.39. The molecule has 0 saturated carbocycles. The van der Waals surface area contributed by atoms with E-state index in [1.165, 1.54) is 4.90 Å². The van der Waals surface area contributed by atoms with Crippen LogP contribution in [0.1, 0.15) is 59.8 Å². The van der Waals surface area contributed by atoms with Gasteiger partial charge < -0.3 is 10.2 Å². The lowest BCUT2D eigenvalue weighted by atomic mass is 9.80. The van der Waals surface area contributed by atoms with E-state index in [9.17, 15) is 14.4 Å². The smallest absolute Gasteiger partial charge is 0.317 e. The van der Waals surface area contributed by atoms with Gasteiger partial charge in [-0.3, -0.25) is 14.5 Å². The summed E-state index contributed by atoms with van der Waals surface area (Å²) in [5, 5.41) is 2.95. The molecule has 2 unspecified atom stereocenters. The van der Waals surface area contributed by atoms with Crippen LogP contribution in [0.4, 0.5) is 4.79 Å². The van der Waals surface area contributed by atoms with Gasteiger partial charge in [0.1, 0.15) is 0 Å². The summed E-state index contributed by atoms with van der Waals surface area (Å²) in [7, 11) is 0. The van der Waals surface area contributed by atoms with Crippen molar-refractivity contribution >= 4 is 17.8 Å². The van der Waals surface area contributed by atoms with E-state index >= 15 is 0 Å². The third kappa shape index (κ3) is 4.95. The molecule has 25 heavy (non-hydrogen) atoms. The number of unbranched alkanes of at least 4 members (excludes halogenated alkanes) is 1. The number of amides is 4. The largest absolute Gasteiger partial charge is 0.338 e. The standard InChI is InChI=1S/C19H33N3O3/c1-5-14-8-11-21(13-14)18(25)20-9-6-7-10-22-16(23)12-15(17(22)24)19(2,3)4/h14-15H,5-13H2,1-4H3,(H,20,25). The van der Waals surface area contributed by atoms with Crippen molar-refractivity contribution < 1.29 is 14.4 Å². The lowest BCUT2D eigenvalue weighted by molar-refractivity contribution is -0.140. The van der Waals surface area contributed by atoms with Gasteiger partial charge in [-0.05, 0) is 30.6 Å². The summed E-state index contributed by atoms with van der Waals surface area (Å²) in [5.41, 5.74) is -0.179. The number of urea groups is 1. The number of nitrogens with zero attached hydrogens (tertiary/aromatic N) is 2. The molecule has 142 valence electrons. The Bertz CT molecular complexity index is 513. The van der Waals surface area contributed by atoms with E-state index in [0.29, 0.717) is 25.4 Å². The zero-order valence-electron chi connectivity index (χ0n) is 16.1. The van der Waals surface area contributed by atoms with Crippen molar-refractivity contribution in [1.82, 2.24) is 15.1 Å². The highest BCUT2D eigenvalue weighted by Gasteiger charge is 2.44. The highest BCUT2D eigenvalue weighted by molar-refractivity contribution is 6.03. The minimum atomic E-state index is -0.207. The Morgan fingerprint density at radius 1 is 1.24 bits per heavy atom. The van der Waals surface area contributed by atoms with E-state index in [2.05, 4.69) is 12.2 Å². The Balaban J connectivity index is 1.65. The summed E-state index contributed by atoms with van der Waals surface area (Å²) >= 11 is 0. The number of likely N-dealkylation sites (tertiary alicyclic amines) is 2. The number of imide groups is 1. The van der Waals surface area contributed by atoms with Crippen LogP contribution in [-0.2, 0) is 9.59 Å². The highest BCUT2D eigenvalue weighted by Crippen LogP contribution is 2.35. The molecule has 6 nitrogen and oxygen atoms in total. The monoisotopic (exact) mass is 351 g/mol. The molecule has 1 N–H and O–H groups in total. The van der Waals surface area contributed by atoms with Gasteiger partial charge in [0.25, 0.3) is 0 Å². The molecule has 2 atom stereocenters. The molecular weight excluding hydrogens is 318 g/mol. The van der Waals surface area contributed by atoms with Gasteiger partial charge in [0.05, 0.1) is 5.92 Å². The third-order valence-corrected chi connectivity index (χ3v) is 5.52. The first-order valence-electron chi connectivity index (χ1n) is 9.61. The van der Waals surface area contributed by atoms with Crippen LogP contribution < -0.4 is 5.32 Å². The fourth-order valence-electron chi connectivity index (χ4n) is 3.65. The minimum Gasteiger partial charge on any atom is -0.338 e. The number of nitrogens with one attached hydrogen (secondary N) is 1. The molecule has 0 bridgehead atoms. The second-order valence-electron chi connectivity index (χ2n) is 8.45. The van der Waals surface area contributed by atoms with Gasteiger partial charge in [-0.2, -0.15) is 0 Å². The van der Waals surface area contributed by atoms with Gasteiger partial charge in [0, 0.05) is 32.6 Å². The van der Waals surface area contributed by atoms with Crippen molar-refractivity contribution in [3.8, 4) is 0 Å². The normalized spacial score (nSPS) is 24.3. The Kier molecular flexibility index (Phi) is 6.47. The van der Waals surface area contributed by atoms with Crippen LogP contribution >= 0.6 is 0 Å². The topological polar surface area (TPSA) is 69.7 Å². The van der Waals surface area contributed by atoms with Gasteiger partial charge in [-0.15, -0.1) is 0 Å². The summed E-state index contributed by atoms with van der Waals surface area (Å²) in [6.07, 6.45) is 4.04. The summed E-state index contributed by atoms with van der Waals surface area (Å²) in [6.45, 7) is 10.9. The number of carbonyl (C=O) groups excluding carboxylic acids is 3. The Hall–Kier alpha value is -1.59. The number of hydrogen-bond donors (Lipinski definition) is 1. The maximum absolute atomic E-state index is 12.4. The summed E-state index contributed by atoms with van der Waals surface area (Å²) in [6, 6.07) is 0.0112. The Morgan fingerprint density at radius 3 is 2.52 bits per heavy atom. The molecule has 4 amide bonds. The summed E-state index contributed by atoms with van der Waals surface area (Å²) in [4.78, 5) is 39.8. The van der Waals surface area contributed by atoms with Gasteiger partial charge in [0.2, 0.25) is 11.8 Å². The molecule has 0 spiro atoms. The Morgan fingerprint density at radius 2 is 1.96 bits per heavy atom. The van der Waals surface area contributed by atoms with E-state index < -0.39 is 0 Å². The molecule has 2 saturated heterocycles. The van der Waals surface area contributed by atoms with Gasteiger partial charge >= 0.3 is 6.03 Å². The van der Waals surface area contributed by atoms with Crippen LogP contribution in [0.15, 0.2) is 0 Å². The lowest BCUT2D eigenvalue weighted by Gasteiger charge is -2.24.